The van der Waals surface area contributed by atoms with Crippen LogP contribution in [0, 0.1) is 49.4 Å². The summed E-state index contributed by atoms with van der Waals surface area (Å²) >= 11 is 0. The molecule has 0 atom stereocenters. The molecule has 0 aromatic rings. The third-order valence-electron chi connectivity index (χ3n) is 0. The summed E-state index contributed by atoms with van der Waals surface area (Å²) in [5.41, 5.74) is 0. The Balaban J connectivity index is 0. The van der Waals surface area contributed by atoms with Crippen LogP contribution in [0.25, 0.3) is 0 Å². The Labute approximate surface area is 164 Å². The fourth-order valence-electron chi connectivity index (χ4n) is 0. The van der Waals surface area contributed by atoms with Gasteiger partial charge in [-0.05, 0) is 0 Å². The number of hydrogen-bond donors (Lipinski definition) is 0. The van der Waals surface area contributed by atoms with Gasteiger partial charge in [0.2, 0.25) is 0 Å². The SMILES string of the molecule is [Eu+3].[K+].[O-2].[O-2].[Rb+]. The van der Waals surface area contributed by atoms with Crippen LogP contribution < -0.4 is 110 Å². The fourth-order valence-corrected chi connectivity index (χ4v) is 0. The van der Waals surface area contributed by atoms with E-state index in [1.165, 1.54) is 0 Å². The van der Waals surface area contributed by atoms with Crippen molar-refractivity contribution >= 4 is 0 Å². The van der Waals surface area contributed by atoms with Gasteiger partial charge in [0.05, 0.1) is 0 Å². The van der Waals surface area contributed by atoms with Gasteiger partial charge >= 0.3 is 159 Å². The Morgan fingerprint density at radius 3 is 0.800 bits per heavy atom. The van der Waals surface area contributed by atoms with Crippen LogP contribution in [0.15, 0.2) is 0 Å². The zero-order chi connectivity index (χ0) is 0. The minimum atomic E-state index is 0. The van der Waals surface area contributed by atoms with E-state index in [1.54, 1.807) is 0 Å². The van der Waals surface area contributed by atoms with Crippen LogP contribution >= 0.6 is 0 Å². The fraction of sp³-hybridized carbons (Fsp3) is 0. The van der Waals surface area contributed by atoms with Crippen molar-refractivity contribution in [3.63, 3.8) is 0 Å². The van der Waals surface area contributed by atoms with Crippen molar-refractivity contribution in [1.82, 2.24) is 0 Å². The zero-order valence-electron chi connectivity index (χ0n) is 3.19. The Hall–Kier alpha value is 4.95. The second-order valence-corrected chi connectivity index (χ2v) is 0. The summed E-state index contributed by atoms with van der Waals surface area (Å²) in [6.07, 6.45) is 0. The molecular weight excluding hydrogens is 309 g/mol. The van der Waals surface area contributed by atoms with E-state index in [9.17, 15) is 0 Å². The largest absolute Gasteiger partial charge is 3.00 e. The van der Waals surface area contributed by atoms with Gasteiger partial charge in [-0.15, -0.1) is 0 Å². The van der Waals surface area contributed by atoms with Crippen molar-refractivity contribution in [2.45, 2.75) is 0 Å². The molecule has 0 aliphatic rings. The minimum absolute atomic E-state index is 0. The summed E-state index contributed by atoms with van der Waals surface area (Å²) in [6, 6.07) is 0. The molecule has 0 saturated carbocycles. The van der Waals surface area contributed by atoms with Gasteiger partial charge < -0.3 is 11.0 Å². The second-order valence-electron chi connectivity index (χ2n) is 0. The van der Waals surface area contributed by atoms with Gasteiger partial charge in [-0.25, -0.2) is 0 Å². The smallest absolute Gasteiger partial charge is 2.00 e. The van der Waals surface area contributed by atoms with Crippen LogP contribution in [0.3, 0.4) is 0 Å². The normalized spacial score (nSPS) is 0. The van der Waals surface area contributed by atoms with Crippen LogP contribution in [-0.2, 0) is 11.0 Å². The first-order chi connectivity index (χ1) is 0. The third kappa shape index (κ3) is 17.6. The molecule has 0 aromatic heterocycles. The molecular formula is EuKO2Rb+. The molecule has 0 saturated heterocycles. The molecule has 0 amide bonds. The summed E-state index contributed by atoms with van der Waals surface area (Å²) in [5.74, 6) is 0. The molecule has 0 spiro atoms. The van der Waals surface area contributed by atoms with Crippen LogP contribution in [0.2, 0.25) is 0 Å². The number of rotatable bonds is 0. The average Bonchev–Trinajstić information content (AvgIpc) is 0. The molecule has 0 aliphatic carbocycles. The predicted molar refractivity (Wildman–Crippen MR) is 1.37 cm³/mol. The van der Waals surface area contributed by atoms with E-state index in [-0.39, 0.29) is 170 Å². The molecule has 0 radical (unpaired) electrons. The van der Waals surface area contributed by atoms with E-state index in [2.05, 4.69) is 0 Å². The molecule has 0 rings (SSSR count). The standard InChI is InChI=1S/Eu.K.2O.Rb/q+3;+1;2*-2;+1. The molecule has 2 nitrogen and oxygen atoms in total. The Morgan fingerprint density at radius 1 is 0.800 bits per heavy atom. The average molecular weight is 309 g/mol. The molecule has 5 heavy (non-hydrogen) atoms. The Morgan fingerprint density at radius 2 is 0.800 bits per heavy atom. The van der Waals surface area contributed by atoms with Crippen molar-refractivity contribution in [3.05, 3.63) is 0 Å². The van der Waals surface area contributed by atoms with Crippen molar-refractivity contribution in [3.8, 4) is 0 Å². The van der Waals surface area contributed by atoms with Gasteiger partial charge in [0.1, 0.15) is 0 Å². The van der Waals surface area contributed by atoms with Gasteiger partial charge in [0.15, 0.2) is 0 Å². The Kier molecular flexibility index (Phi) is 150. The monoisotopic (exact) mass is 309 g/mol. The Bertz CT molecular complexity index is 9.61. The van der Waals surface area contributed by atoms with E-state index < -0.39 is 0 Å². The maximum atomic E-state index is 0. The zero-order valence-corrected chi connectivity index (χ0v) is 13.7. The van der Waals surface area contributed by atoms with Crippen molar-refractivity contribution < 1.29 is 170 Å². The molecule has 0 heterocycles. The number of hydrogen-bond acceptors (Lipinski definition) is 0. The topological polar surface area (TPSA) is 57.0 Å². The van der Waals surface area contributed by atoms with E-state index >= 15 is 0 Å². The van der Waals surface area contributed by atoms with Gasteiger partial charge in [-0.3, -0.25) is 0 Å². The van der Waals surface area contributed by atoms with Gasteiger partial charge in [0, 0.05) is 0 Å². The minimum Gasteiger partial charge on any atom is -2.00 e. The molecule has 5 heteroatoms. The first kappa shape index (κ1) is 32.5. The summed E-state index contributed by atoms with van der Waals surface area (Å²) in [4.78, 5) is 0. The summed E-state index contributed by atoms with van der Waals surface area (Å²) in [5, 5.41) is 0. The van der Waals surface area contributed by atoms with Crippen LogP contribution in [0.5, 0.6) is 0 Å². The quantitative estimate of drug-likeness (QED) is 0.400. The van der Waals surface area contributed by atoms with Gasteiger partial charge in [0.25, 0.3) is 0 Å². The first-order valence-corrected chi connectivity index (χ1v) is 0. The van der Waals surface area contributed by atoms with Gasteiger partial charge in [-0.1, -0.05) is 0 Å². The third-order valence-corrected chi connectivity index (χ3v) is 0. The van der Waals surface area contributed by atoms with Crippen molar-refractivity contribution in [1.29, 1.82) is 0 Å². The molecule has 0 aliphatic heterocycles. The second kappa shape index (κ2) is 23.1. The molecule has 20 valence electrons. The van der Waals surface area contributed by atoms with Crippen LogP contribution in [0.4, 0.5) is 0 Å². The van der Waals surface area contributed by atoms with E-state index in [0.29, 0.717) is 0 Å². The van der Waals surface area contributed by atoms with E-state index in [1.807, 2.05) is 0 Å². The molecule has 0 bridgehead atoms. The summed E-state index contributed by atoms with van der Waals surface area (Å²) < 4.78 is 0. The van der Waals surface area contributed by atoms with E-state index in [4.69, 9.17) is 0 Å². The van der Waals surface area contributed by atoms with Crippen molar-refractivity contribution in [2.24, 2.45) is 0 Å². The molecule has 0 unspecified atom stereocenters. The maximum Gasteiger partial charge on any atom is 3.00 e. The summed E-state index contributed by atoms with van der Waals surface area (Å²) in [6.45, 7) is 0. The van der Waals surface area contributed by atoms with Crippen molar-refractivity contribution in [2.75, 3.05) is 0 Å². The first-order valence-electron chi connectivity index (χ1n) is 0. The molecule has 0 fully saturated rings. The van der Waals surface area contributed by atoms with E-state index in [0.717, 1.165) is 0 Å². The molecule has 0 N–H and O–H groups in total. The van der Waals surface area contributed by atoms with Gasteiger partial charge in [-0.2, -0.15) is 0 Å². The van der Waals surface area contributed by atoms with Crippen LogP contribution in [-0.4, -0.2) is 0 Å². The summed E-state index contributed by atoms with van der Waals surface area (Å²) in [7, 11) is 0. The van der Waals surface area contributed by atoms with Crippen LogP contribution in [0.1, 0.15) is 0 Å². The predicted octanol–water partition coefficient (Wildman–Crippen LogP) is -6.23. The maximum absolute atomic E-state index is 0. The molecule has 0 aromatic carbocycles.